The van der Waals surface area contributed by atoms with Crippen LogP contribution in [0.5, 0.6) is 0 Å². The third-order valence-corrected chi connectivity index (χ3v) is 5.24. The van der Waals surface area contributed by atoms with Crippen molar-refractivity contribution < 1.29 is 0 Å². The molecule has 0 amide bonds. The highest BCUT2D eigenvalue weighted by Gasteiger charge is 2.12. The Kier molecular flexibility index (Phi) is 3.46. The van der Waals surface area contributed by atoms with Crippen LogP contribution in [0.1, 0.15) is 11.1 Å². The summed E-state index contributed by atoms with van der Waals surface area (Å²) < 4.78 is 1.99. The van der Waals surface area contributed by atoms with E-state index in [4.69, 9.17) is 4.98 Å². The highest BCUT2D eigenvalue weighted by atomic mass is 15.1. The lowest BCUT2D eigenvalue weighted by molar-refractivity contribution is 0.953. The number of aromatic amines is 1. The molecule has 2 aromatic carbocycles. The number of aliphatic imine (C=N–C) groups is 1. The summed E-state index contributed by atoms with van der Waals surface area (Å²) >= 11 is 0. The number of fused-ring (bicyclic) bond motifs is 3. The molecule has 29 heavy (non-hydrogen) atoms. The van der Waals surface area contributed by atoms with Crippen molar-refractivity contribution in [2.24, 2.45) is 4.99 Å². The second kappa shape index (κ2) is 6.27. The quantitative estimate of drug-likeness (QED) is 0.496. The van der Waals surface area contributed by atoms with Gasteiger partial charge in [0.1, 0.15) is 0 Å². The van der Waals surface area contributed by atoms with Gasteiger partial charge in [-0.3, -0.25) is 4.99 Å². The van der Waals surface area contributed by atoms with E-state index in [1.807, 2.05) is 35.1 Å². The van der Waals surface area contributed by atoms with Gasteiger partial charge in [-0.1, -0.05) is 12.1 Å². The van der Waals surface area contributed by atoms with E-state index in [0.29, 0.717) is 0 Å². The van der Waals surface area contributed by atoms with Gasteiger partial charge in [0.05, 0.1) is 23.1 Å². The number of hydrogen-bond acceptors (Lipinski definition) is 5. The Labute approximate surface area is 166 Å². The Balaban J connectivity index is 1.44. The molecule has 7 heteroatoms. The van der Waals surface area contributed by atoms with Crippen molar-refractivity contribution in [2.45, 2.75) is 6.42 Å². The third kappa shape index (κ3) is 2.75. The Bertz CT molecular complexity index is 1390. The van der Waals surface area contributed by atoms with Gasteiger partial charge in [-0.05, 0) is 41.8 Å². The zero-order chi connectivity index (χ0) is 19.2. The van der Waals surface area contributed by atoms with Gasteiger partial charge in [0, 0.05) is 42.6 Å². The van der Waals surface area contributed by atoms with Crippen LogP contribution in [-0.4, -0.2) is 37.1 Å². The highest BCUT2D eigenvalue weighted by Crippen LogP contribution is 2.27. The number of nitrogens with one attached hydrogen (secondary N) is 2. The van der Waals surface area contributed by atoms with Crippen LogP contribution >= 0.6 is 0 Å². The maximum atomic E-state index is 4.89. The number of aromatic nitrogens is 5. The maximum absolute atomic E-state index is 4.89. The molecular formula is C22H17N7. The fraction of sp³-hybridized carbons (Fsp3) is 0.0909. The van der Waals surface area contributed by atoms with Crippen LogP contribution in [0.15, 0.2) is 66.3 Å². The summed E-state index contributed by atoms with van der Waals surface area (Å²) in [5, 5.41) is 3.47. The van der Waals surface area contributed by atoms with Gasteiger partial charge in [0.25, 0.3) is 0 Å². The molecule has 0 atom stereocenters. The lowest BCUT2D eigenvalue weighted by Crippen LogP contribution is -2.05. The van der Waals surface area contributed by atoms with Crippen LogP contribution in [0, 0.1) is 0 Å². The van der Waals surface area contributed by atoms with Gasteiger partial charge in [-0.2, -0.15) is 0 Å². The standard InChI is InChI=1S/C22H17N7/c1-3-17(9-14-5-6-23-11-16(1)14)27-21-22-24-7-8-29(22)12-20(28-21)15-2-4-18-19(10-15)26-13-25-18/h1-4,7-13H,5-6H2,(H,25,26)(H,27,28). The first-order valence-corrected chi connectivity index (χ1v) is 9.50. The zero-order valence-electron chi connectivity index (χ0n) is 15.5. The largest absolute Gasteiger partial charge is 0.345 e. The van der Waals surface area contributed by atoms with Crippen LogP contribution in [0.4, 0.5) is 11.5 Å². The summed E-state index contributed by atoms with van der Waals surface area (Å²) in [6.07, 6.45) is 10.3. The molecule has 5 aromatic rings. The first-order chi connectivity index (χ1) is 14.3. The molecule has 0 unspecified atom stereocenters. The summed E-state index contributed by atoms with van der Waals surface area (Å²) in [7, 11) is 0. The summed E-state index contributed by atoms with van der Waals surface area (Å²) in [6, 6.07) is 12.4. The van der Waals surface area contributed by atoms with E-state index in [0.717, 1.165) is 52.4 Å². The van der Waals surface area contributed by atoms with E-state index in [-0.39, 0.29) is 0 Å². The Morgan fingerprint density at radius 1 is 1.07 bits per heavy atom. The van der Waals surface area contributed by atoms with Crippen molar-refractivity contribution in [3.05, 3.63) is 72.4 Å². The molecule has 1 aliphatic rings. The predicted molar refractivity (Wildman–Crippen MR) is 114 cm³/mol. The SMILES string of the molecule is C1=NCCc2cc(Nc3nc(-c4ccc5nc[nH]c5c4)cn4ccnc34)ccc21. The van der Waals surface area contributed by atoms with Crippen LogP contribution in [0.2, 0.25) is 0 Å². The second-order valence-electron chi connectivity index (χ2n) is 7.09. The number of hydrogen-bond donors (Lipinski definition) is 2. The first-order valence-electron chi connectivity index (χ1n) is 9.50. The van der Waals surface area contributed by atoms with Crippen molar-refractivity contribution in [3.8, 4) is 11.3 Å². The van der Waals surface area contributed by atoms with Gasteiger partial charge < -0.3 is 14.7 Å². The van der Waals surface area contributed by atoms with Crippen LogP contribution in [0.3, 0.4) is 0 Å². The Morgan fingerprint density at radius 3 is 3.07 bits per heavy atom. The van der Waals surface area contributed by atoms with E-state index >= 15 is 0 Å². The van der Waals surface area contributed by atoms with Crippen molar-refractivity contribution in [1.82, 2.24) is 24.3 Å². The summed E-state index contributed by atoms with van der Waals surface area (Å²) in [4.78, 5) is 21.2. The van der Waals surface area contributed by atoms with Gasteiger partial charge in [0.2, 0.25) is 0 Å². The lowest BCUT2D eigenvalue weighted by atomic mass is 10.0. The maximum Gasteiger partial charge on any atom is 0.180 e. The molecular weight excluding hydrogens is 362 g/mol. The molecule has 0 bridgehead atoms. The molecule has 1 aliphatic heterocycles. The monoisotopic (exact) mass is 379 g/mol. The fourth-order valence-corrected chi connectivity index (χ4v) is 3.76. The number of benzene rings is 2. The molecule has 0 saturated heterocycles. The summed E-state index contributed by atoms with van der Waals surface area (Å²) in [6.45, 7) is 0.838. The lowest BCUT2D eigenvalue weighted by Gasteiger charge is -2.14. The Morgan fingerprint density at radius 2 is 2.07 bits per heavy atom. The minimum atomic E-state index is 0.724. The smallest absolute Gasteiger partial charge is 0.180 e. The van der Waals surface area contributed by atoms with Crippen LogP contribution in [-0.2, 0) is 6.42 Å². The van der Waals surface area contributed by atoms with Crippen LogP contribution in [0.25, 0.3) is 27.9 Å². The average Bonchev–Trinajstić information content (AvgIpc) is 3.42. The van der Waals surface area contributed by atoms with E-state index in [1.54, 1.807) is 12.5 Å². The van der Waals surface area contributed by atoms with E-state index in [2.05, 4.69) is 49.5 Å². The van der Waals surface area contributed by atoms with Crippen molar-refractivity contribution in [2.75, 3.05) is 11.9 Å². The van der Waals surface area contributed by atoms with Gasteiger partial charge >= 0.3 is 0 Å². The first kappa shape index (κ1) is 16.0. The third-order valence-electron chi connectivity index (χ3n) is 5.24. The molecule has 0 radical (unpaired) electrons. The minimum Gasteiger partial charge on any atom is -0.345 e. The minimum absolute atomic E-state index is 0.724. The van der Waals surface area contributed by atoms with Gasteiger partial charge in [0.15, 0.2) is 11.5 Å². The van der Waals surface area contributed by atoms with Gasteiger partial charge in [-0.15, -0.1) is 0 Å². The van der Waals surface area contributed by atoms with E-state index < -0.39 is 0 Å². The molecule has 2 N–H and O–H groups in total. The summed E-state index contributed by atoms with van der Waals surface area (Å²) in [5.41, 5.74) is 8.07. The predicted octanol–water partition coefficient (Wildman–Crippen LogP) is 3.99. The molecule has 0 aliphatic carbocycles. The molecule has 3 aromatic heterocycles. The molecule has 7 nitrogen and oxygen atoms in total. The molecule has 6 rings (SSSR count). The molecule has 0 saturated carbocycles. The van der Waals surface area contributed by atoms with E-state index in [1.165, 1.54) is 11.1 Å². The van der Waals surface area contributed by atoms with E-state index in [9.17, 15) is 0 Å². The number of anilines is 2. The summed E-state index contributed by atoms with van der Waals surface area (Å²) in [5.74, 6) is 0.724. The zero-order valence-corrected chi connectivity index (χ0v) is 15.5. The van der Waals surface area contributed by atoms with Crippen LogP contribution < -0.4 is 5.32 Å². The van der Waals surface area contributed by atoms with Crippen molar-refractivity contribution in [1.29, 1.82) is 0 Å². The molecule has 0 fully saturated rings. The normalized spacial score (nSPS) is 13.1. The topological polar surface area (TPSA) is 83.3 Å². The number of H-pyrrole nitrogens is 1. The number of nitrogens with zero attached hydrogens (tertiary/aromatic N) is 5. The average molecular weight is 379 g/mol. The number of rotatable bonds is 3. The second-order valence-corrected chi connectivity index (χ2v) is 7.09. The highest BCUT2D eigenvalue weighted by molar-refractivity contribution is 5.85. The fourth-order valence-electron chi connectivity index (χ4n) is 3.76. The molecule has 140 valence electrons. The molecule has 4 heterocycles. The Hall–Kier alpha value is -4.00. The molecule has 0 spiro atoms. The van der Waals surface area contributed by atoms with Gasteiger partial charge in [-0.25, -0.2) is 15.0 Å². The van der Waals surface area contributed by atoms with Crippen molar-refractivity contribution in [3.63, 3.8) is 0 Å². The van der Waals surface area contributed by atoms with Crippen molar-refractivity contribution >= 4 is 34.4 Å². The number of imidazole rings is 2.